The van der Waals surface area contributed by atoms with Gasteiger partial charge in [-0.05, 0) is 48.2 Å². The van der Waals surface area contributed by atoms with E-state index in [-0.39, 0.29) is 23.6 Å². The van der Waals surface area contributed by atoms with Gasteiger partial charge in [0.15, 0.2) is 0 Å². The van der Waals surface area contributed by atoms with E-state index in [0.29, 0.717) is 6.42 Å². The minimum absolute atomic E-state index is 0.158. The highest BCUT2D eigenvalue weighted by molar-refractivity contribution is 5.33. The van der Waals surface area contributed by atoms with Crippen LogP contribution in [0.1, 0.15) is 49.7 Å². The molecular weight excluding hydrogens is 308 g/mol. The molecule has 2 aromatic rings. The van der Waals surface area contributed by atoms with Crippen molar-refractivity contribution >= 4 is 0 Å². The minimum Gasteiger partial charge on any atom is -0.391 e. The third-order valence-corrected chi connectivity index (χ3v) is 4.41. The Morgan fingerprint density at radius 2 is 1.38 bits per heavy atom. The Balaban J connectivity index is 2.22. The van der Waals surface area contributed by atoms with Crippen LogP contribution in [0, 0.1) is 11.6 Å². The van der Waals surface area contributed by atoms with Gasteiger partial charge in [0.25, 0.3) is 0 Å². The van der Waals surface area contributed by atoms with E-state index in [2.05, 4.69) is 6.92 Å². The summed E-state index contributed by atoms with van der Waals surface area (Å²) in [6.45, 7) is 2.08. The standard InChI is InChI=1S/C20H25F2NO/c1-2-3-4-19(23)20(24)13-18(14-5-9-16(21)10-6-14)15-7-11-17(22)12-8-15/h5-12,18-20,24H,2-4,13,23H2,1H3. The average molecular weight is 333 g/mol. The van der Waals surface area contributed by atoms with E-state index in [0.717, 1.165) is 30.4 Å². The Morgan fingerprint density at radius 1 is 0.917 bits per heavy atom. The van der Waals surface area contributed by atoms with E-state index in [9.17, 15) is 13.9 Å². The minimum atomic E-state index is -0.670. The first-order valence-corrected chi connectivity index (χ1v) is 8.45. The van der Waals surface area contributed by atoms with Crippen molar-refractivity contribution in [3.8, 4) is 0 Å². The summed E-state index contributed by atoms with van der Waals surface area (Å²) in [5.74, 6) is -0.775. The summed E-state index contributed by atoms with van der Waals surface area (Å²) in [5, 5.41) is 10.5. The van der Waals surface area contributed by atoms with E-state index >= 15 is 0 Å². The highest BCUT2D eigenvalue weighted by atomic mass is 19.1. The number of aliphatic hydroxyl groups is 1. The Hall–Kier alpha value is -1.78. The third-order valence-electron chi connectivity index (χ3n) is 4.41. The van der Waals surface area contributed by atoms with E-state index in [1.807, 2.05) is 0 Å². The number of rotatable bonds is 8. The Morgan fingerprint density at radius 3 is 1.79 bits per heavy atom. The molecule has 0 saturated heterocycles. The van der Waals surface area contributed by atoms with Crippen molar-refractivity contribution < 1.29 is 13.9 Å². The molecule has 0 radical (unpaired) electrons. The zero-order valence-corrected chi connectivity index (χ0v) is 14.0. The molecule has 2 rings (SSSR count). The summed E-state index contributed by atoms with van der Waals surface area (Å²) in [7, 11) is 0. The summed E-state index contributed by atoms with van der Waals surface area (Å²) in [4.78, 5) is 0. The molecule has 2 atom stereocenters. The second-order valence-electron chi connectivity index (χ2n) is 6.26. The molecule has 2 aromatic carbocycles. The monoisotopic (exact) mass is 333 g/mol. The lowest BCUT2D eigenvalue weighted by Gasteiger charge is -2.25. The van der Waals surface area contributed by atoms with Crippen molar-refractivity contribution in [2.24, 2.45) is 5.73 Å². The number of halogens is 2. The van der Waals surface area contributed by atoms with Gasteiger partial charge in [-0.3, -0.25) is 0 Å². The van der Waals surface area contributed by atoms with Gasteiger partial charge in [0, 0.05) is 12.0 Å². The molecule has 0 aliphatic carbocycles. The quantitative estimate of drug-likeness (QED) is 0.754. The molecule has 0 heterocycles. The normalized spacial score (nSPS) is 13.9. The van der Waals surface area contributed by atoms with Crippen LogP contribution in [0.25, 0.3) is 0 Å². The van der Waals surface area contributed by atoms with Crippen LogP contribution in [-0.4, -0.2) is 17.3 Å². The largest absolute Gasteiger partial charge is 0.391 e. The van der Waals surface area contributed by atoms with Crippen LogP contribution in [0.4, 0.5) is 8.78 Å². The van der Waals surface area contributed by atoms with Gasteiger partial charge >= 0.3 is 0 Å². The fourth-order valence-corrected chi connectivity index (χ4v) is 2.90. The molecule has 130 valence electrons. The second-order valence-corrected chi connectivity index (χ2v) is 6.26. The van der Waals surface area contributed by atoms with Crippen molar-refractivity contribution in [1.29, 1.82) is 0 Å². The van der Waals surface area contributed by atoms with Crippen molar-refractivity contribution in [3.05, 3.63) is 71.3 Å². The van der Waals surface area contributed by atoms with Crippen LogP contribution in [0.15, 0.2) is 48.5 Å². The van der Waals surface area contributed by atoms with Crippen LogP contribution in [0.2, 0.25) is 0 Å². The molecule has 0 spiro atoms. The van der Waals surface area contributed by atoms with Gasteiger partial charge in [0.05, 0.1) is 6.10 Å². The third kappa shape index (κ3) is 5.11. The lowest BCUT2D eigenvalue weighted by molar-refractivity contribution is 0.125. The maximum atomic E-state index is 13.2. The Kier molecular flexibility index (Phi) is 6.88. The number of nitrogens with two attached hydrogens (primary N) is 1. The van der Waals surface area contributed by atoms with Crippen molar-refractivity contribution in [2.45, 2.75) is 50.7 Å². The number of benzene rings is 2. The van der Waals surface area contributed by atoms with Gasteiger partial charge in [0.1, 0.15) is 11.6 Å². The predicted molar refractivity (Wildman–Crippen MR) is 92.8 cm³/mol. The van der Waals surface area contributed by atoms with Crippen LogP contribution < -0.4 is 5.73 Å². The molecule has 24 heavy (non-hydrogen) atoms. The van der Waals surface area contributed by atoms with Gasteiger partial charge in [-0.1, -0.05) is 44.0 Å². The number of hydrogen-bond donors (Lipinski definition) is 2. The summed E-state index contributed by atoms with van der Waals surface area (Å²) in [6.07, 6.45) is 2.51. The molecule has 0 amide bonds. The first-order valence-electron chi connectivity index (χ1n) is 8.45. The van der Waals surface area contributed by atoms with Gasteiger partial charge in [-0.2, -0.15) is 0 Å². The molecule has 0 fully saturated rings. The lowest BCUT2D eigenvalue weighted by Crippen LogP contribution is -2.35. The molecule has 0 bridgehead atoms. The van der Waals surface area contributed by atoms with E-state index in [1.165, 1.54) is 24.3 Å². The second kappa shape index (κ2) is 8.90. The number of unbranched alkanes of at least 4 members (excludes halogenated alkanes) is 1. The Labute approximate surface area is 142 Å². The highest BCUT2D eigenvalue weighted by Gasteiger charge is 2.22. The number of aliphatic hydroxyl groups excluding tert-OH is 1. The van der Waals surface area contributed by atoms with Gasteiger partial charge in [-0.15, -0.1) is 0 Å². The molecule has 0 aromatic heterocycles. The van der Waals surface area contributed by atoms with E-state index in [4.69, 9.17) is 5.73 Å². The van der Waals surface area contributed by atoms with Crippen molar-refractivity contribution in [3.63, 3.8) is 0 Å². The topological polar surface area (TPSA) is 46.2 Å². The highest BCUT2D eigenvalue weighted by Crippen LogP contribution is 2.30. The van der Waals surface area contributed by atoms with Crippen molar-refractivity contribution in [2.75, 3.05) is 0 Å². The zero-order chi connectivity index (χ0) is 17.5. The molecule has 0 aliphatic heterocycles. The lowest BCUT2D eigenvalue weighted by atomic mass is 9.84. The Bertz CT molecular complexity index is 567. The summed E-state index contributed by atoms with van der Waals surface area (Å²) in [5.41, 5.74) is 7.84. The molecule has 0 saturated carbocycles. The maximum Gasteiger partial charge on any atom is 0.123 e. The molecule has 0 aliphatic rings. The first kappa shape index (κ1) is 18.6. The van der Waals surface area contributed by atoms with Gasteiger partial charge in [-0.25, -0.2) is 8.78 Å². The molecule has 2 unspecified atom stereocenters. The summed E-state index contributed by atoms with van der Waals surface area (Å²) >= 11 is 0. The zero-order valence-electron chi connectivity index (χ0n) is 14.0. The first-order chi connectivity index (χ1) is 11.5. The molecule has 4 heteroatoms. The van der Waals surface area contributed by atoms with Crippen LogP contribution in [-0.2, 0) is 0 Å². The summed E-state index contributed by atoms with van der Waals surface area (Å²) in [6, 6.07) is 12.1. The van der Waals surface area contributed by atoms with Crippen LogP contribution in [0.5, 0.6) is 0 Å². The average Bonchev–Trinajstić information content (AvgIpc) is 2.59. The molecule has 3 N–H and O–H groups in total. The molecule has 2 nitrogen and oxygen atoms in total. The fourth-order valence-electron chi connectivity index (χ4n) is 2.90. The number of hydrogen-bond acceptors (Lipinski definition) is 2. The van der Waals surface area contributed by atoms with Crippen LogP contribution >= 0.6 is 0 Å². The van der Waals surface area contributed by atoms with E-state index < -0.39 is 6.10 Å². The SMILES string of the molecule is CCCCC(N)C(O)CC(c1ccc(F)cc1)c1ccc(F)cc1. The van der Waals surface area contributed by atoms with Gasteiger partial charge < -0.3 is 10.8 Å². The molecular formula is C20H25F2NO. The van der Waals surface area contributed by atoms with Crippen LogP contribution in [0.3, 0.4) is 0 Å². The van der Waals surface area contributed by atoms with Gasteiger partial charge in [0.2, 0.25) is 0 Å². The van der Waals surface area contributed by atoms with E-state index in [1.54, 1.807) is 24.3 Å². The fraction of sp³-hybridized carbons (Fsp3) is 0.400. The maximum absolute atomic E-state index is 13.2. The predicted octanol–water partition coefficient (Wildman–Crippen LogP) is 4.37. The van der Waals surface area contributed by atoms with Crippen molar-refractivity contribution in [1.82, 2.24) is 0 Å². The smallest absolute Gasteiger partial charge is 0.123 e. The summed E-state index contributed by atoms with van der Waals surface area (Å²) < 4.78 is 26.4.